The van der Waals surface area contributed by atoms with Gasteiger partial charge < -0.3 is 20.1 Å². The second kappa shape index (κ2) is 11.2. The minimum Gasteiger partial charge on any atom is -0.495 e. The number of carbonyl (C=O) groups is 1. The minimum absolute atomic E-state index is 0.191. The van der Waals surface area contributed by atoms with Crippen LogP contribution in [0.2, 0.25) is 10.0 Å². The lowest BCUT2D eigenvalue weighted by Crippen LogP contribution is -2.25. The summed E-state index contributed by atoms with van der Waals surface area (Å²) in [4.78, 5) is 33.8. The Balaban J connectivity index is 2.15. The van der Waals surface area contributed by atoms with Crippen molar-refractivity contribution in [2.45, 2.75) is 19.4 Å². The number of anilines is 1. The van der Waals surface area contributed by atoms with Gasteiger partial charge in [0.2, 0.25) is 11.9 Å². The summed E-state index contributed by atoms with van der Waals surface area (Å²) in [7, 11) is 4.63. The average molecular weight is 506 g/mol. The predicted molar refractivity (Wildman–Crippen MR) is 134 cm³/mol. The fraction of sp³-hybridized carbons (Fsp3) is 0.304. The van der Waals surface area contributed by atoms with Crippen molar-refractivity contribution in [2.24, 2.45) is 0 Å². The number of hydrogen-bond acceptors (Lipinski definition) is 7. The Morgan fingerprint density at radius 3 is 2.44 bits per heavy atom. The van der Waals surface area contributed by atoms with Crippen LogP contribution >= 0.6 is 23.2 Å². The summed E-state index contributed by atoms with van der Waals surface area (Å²) in [5.41, 5.74) is 0.699. The number of fused-ring (bicyclic) bond motifs is 1. The van der Waals surface area contributed by atoms with Crippen LogP contribution in [0.5, 0.6) is 11.5 Å². The highest BCUT2D eigenvalue weighted by molar-refractivity contribution is 6.41. The predicted octanol–water partition coefficient (Wildman–Crippen LogP) is 3.91. The molecule has 0 saturated carbocycles. The van der Waals surface area contributed by atoms with Crippen LogP contribution in [0.1, 0.15) is 12.8 Å². The molecular weight excluding hydrogens is 481 g/mol. The zero-order valence-electron chi connectivity index (χ0n) is 19.1. The molecule has 2 aromatic heterocycles. The van der Waals surface area contributed by atoms with Crippen molar-refractivity contribution in [1.29, 1.82) is 0 Å². The topological polar surface area (TPSA) is 107 Å². The van der Waals surface area contributed by atoms with Gasteiger partial charge in [-0.05, 0) is 25.0 Å². The molecule has 3 rings (SSSR count). The molecular formula is C23H25Cl2N5O4. The molecule has 0 aliphatic carbocycles. The molecule has 1 amide bonds. The number of aromatic nitrogens is 3. The van der Waals surface area contributed by atoms with Crippen LogP contribution in [0.4, 0.5) is 5.95 Å². The largest absolute Gasteiger partial charge is 0.495 e. The molecule has 0 bridgehead atoms. The van der Waals surface area contributed by atoms with Crippen LogP contribution in [0.15, 0.2) is 35.8 Å². The van der Waals surface area contributed by atoms with E-state index in [1.165, 1.54) is 20.3 Å². The van der Waals surface area contributed by atoms with E-state index in [0.717, 1.165) is 0 Å². The summed E-state index contributed by atoms with van der Waals surface area (Å²) in [6.07, 6.45) is 4.10. The number of methoxy groups -OCH3 is 2. The minimum atomic E-state index is -0.331. The highest BCUT2D eigenvalue weighted by Crippen LogP contribution is 2.45. The van der Waals surface area contributed by atoms with Crippen LogP contribution in [-0.4, -0.2) is 48.3 Å². The van der Waals surface area contributed by atoms with Crippen LogP contribution in [-0.2, 0) is 11.3 Å². The zero-order valence-corrected chi connectivity index (χ0v) is 20.6. The van der Waals surface area contributed by atoms with Gasteiger partial charge in [0.05, 0.1) is 29.8 Å². The SMILES string of the molecule is C=CC(=O)NCCCCn1c(=O)c(-c2c(Cl)c(OC)cc(OC)c2Cl)cc2cnc(NC)nc21. The van der Waals surface area contributed by atoms with Gasteiger partial charge in [-0.3, -0.25) is 14.2 Å². The molecule has 0 saturated heterocycles. The number of rotatable bonds is 10. The summed E-state index contributed by atoms with van der Waals surface area (Å²) in [6, 6.07) is 3.22. The number of carbonyl (C=O) groups excluding carboxylic acids is 1. The number of unbranched alkanes of at least 4 members (excludes halogenated alkanes) is 1. The molecule has 9 nitrogen and oxygen atoms in total. The van der Waals surface area contributed by atoms with Crippen molar-refractivity contribution < 1.29 is 14.3 Å². The van der Waals surface area contributed by atoms with Gasteiger partial charge >= 0.3 is 0 Å². The molecule has 0 radical (unpaired) electrons. The van der Waals surface area contributed by atoms with Gasteiger partial charge in [0.1, 0.15) is 17.1 Å². The lowest BCUT2D eigenvalue weighted by Gasteiger charge is -2.17. The van der Waals surface area contributed by atoms with E-state index < -0.39 is 0 Å². The summed E-state index contributed by atoms with van der Waals surface area (Å²) < 4.78 is 12.3. The molecule has 1 aromatic carbocycles. The number of ether oxygens (including phenoxy) is 2. The number of pyridine rings is 1. The number of halogens is 2. The molecule has 11 heteroatoms. The summed E-state index contributed by atoms with van der Waals surface area (Å²) >= 11 is 13.2. The molecule has 0 unspecified atom stereocenters. The molecule has 0 aliphatic heterocycles. The van der Waals surface area contributed by atoms with Crippen LogP contribution in [0, 0.1) is 0 Å². The number of nitrogens with zero attached hydrogens (tertiary/aromatic N) is 3. The Morgan fingerprint density at radius 1 is 1.18 bits per heavy atom. The highest BCUT2D eigenvalue weighted by atomic mass is 35.5. The molecule has 0 aliphatic rings. The third kappa shape index (κ3) is 5.10. The van der Waals surface area contributed by atoms with Gasteiger partial charge in [-0.1, -0.05) is 29.8 Å². The Hall–Kier alpha value is -3.30. The van der Waals surface area contributed by atoms with Gasteiger partial charge in [0, 0.05) is 43.4 Å². The molecule has 3 aromatic rings. The van der Waals surface area contributed by atoms with Crippen LogP contribution < -0.4 is 25.7 Å². The molecule has 34 heavy (non-hydrogen) atoms. The first-order chi connectivity index (χ1) is 16.4. The fourth-order valence-corrected chi connectivity index (χ4v) is 4.17. The number of benzene rings is 1. The van der Waals surface area contributed by atoms with Gasteiger partial charge in [0.15, 0.2) is 0 Å². The summed E-state index contributed by atoms with van der Waals surface area (Å²) in [6.45, 7) is 4.24. The van der Waals surface area contributed by atoms with Crippen molar-refractivity contribution in [1.82, 2.24) is 19.9 Å². The Kier molecular flexibility index (Phi) is 8.36. The molecule has 2 N–H and O–H groups in total. The Labute approximate surface area is 206 Å². The normalized spacial score (nSPS) is 10.7. The van der Waals surface area contributed by atoms with E-state index >= 15 is 0 Å². The molecule has 0 spiro atoms. The number of amides is 1. The lowest BCUT2D eigenvalue weighted by atomic mass is 10.0. The number of nitrogens with one attached hydrogen (secondary N) is 2. The molecule has 2 heterocycles. The van der Waals surface area contributed by atoms with Crippen LogP contribution in [0.25, 0.3) is 22.2 Å². The smallest absolute Gasteiger partial charge is 0.260 e. The standard InChI is InChI=1S/C23H25Cl2N5O4/c1-5-17(31)27-8-6-7-9-30-21-13(12-28-23(26-2)29-21)10-14(22(30)32)18-19(24)15(33-3)11-16(34-4)20(18)25/h5,10-12H,1,6-9H2,2-4H3,(H,27,31)(H,26,28,29). The Morgan fingerprint density at radius 2 is 1.85 bits per heavy atom. The fourth-order valence-electron chi connectivity index (χ4n) is 3.47. The van der Waals surface area contributed by atoms with Crippen molar-refractivity contribution in [3.05, 3.63) is 51.4 Å². The summed E-state index contributed by atoms with van der Waals surface area (Å²) in [5.74, 6) is 0.783. The Bertz CT molecular complexity index is 1260. The van der Waals surface area contributed by atoms with Gasteiger partial charge in [-0.2, -0.15) is 4.98 Å². The van der Waals surface area contributed by atoms with Gasteiger partial charge in [0.25, 0.3) is 5.56 Å². The van der Waals surface area contributed by atoms with E-state index in [-0.39, 0.29) is 27.1 Å². The van der Waals surface area contributed by atoms with E-state index in [1.807, 2.05) is 0 Å². The van der Waals surface area contributed by atoms with E-state index in [0.29, 0.717) is 60.0 Å². The first kappa shape index (κ1) is 25.3. The zero-order chi connectivity index (χ0) is 24.8. The first-order valence-corrected chi connectivity index (χ1v) is 11.2. The van der Waals surface area contributed by atoms with E-state index in [4.69, 9.17) is 32.7 Å². The van der Waals surface area contributed by atoms with Crippen molar-refractivity contribution in [3.63, 3.8) is 0 Å². The monoisotopic (exact) mass is 505 g/mol. The van der Waals surface area contributed by atoms with E-state index in [9.17, 15) is 9.59 Å². The van der Waals surface area contributed by atoms with E-state index in [1.54, 1.807) is 29.9 Å². The van der Waals surface area contributed by atoms with E-state index in [2.05, 4.69) is 27.2 Å². The molecule has 180 valence electrons. The maximum absolute atomic E-state index is 13.7. The quantitative estimate of drug-likeness (QED) is 0.317. The van der Waals surface area contributed by atoms with Gasteiger partial charge in [-0.25, -0.2) is 4.98 Å². The second-order valence-electron chi connectivity index (χ2n) is 7.22. The third-order valence-electron chi connectivity index (χ3n) is 5.19. The lowest BCUT2D eigenvalue weighted by molar-refractivity contribution is -0.116. The number of hydrogen-bond donors (Lipinski definition) is 2. The highest BCUT2D eigenvalue weighted by Gasteiger charge is 2.23. The number of aryl methyl sites for hydroxylation is 1. The second-order valence-corrected chi connectivity index (χ2v) is 7.98. The molecule has 0 atom stereocenters. The van der Waals surface area contributed by atoms with Gasteiger partial charge in [-0.15, -0.1) is 0 Å². The average Bonchev–Trinajstić information content (AvgIpc) is 2.85. The summed E-state index contributed by atoms with van der Waals surface area (Å²) in [5, 5.41) is 6.62. The van der Waals surface area contributed by atoms with Crippen LogP contribution in [0.3, 0.4) is 0 Å². The first-order valence-electron chi connectivity index (χ1n) is 10.4. The van der Waals surface area contributed by atoms with Crippen molar-refractivity contribution in [2.75, 3.05) is 33.1 Å². The third-order valence-corrected chi connectivity index (χ3v) is 5.94. The maximum Gasteiger partial charge on any atom is 0.260 e. The molecule has 0 fully saturated rings. The van der Waals surface area contributed by atoms with Crippen molar-refractivity contribution >= 4 is 46.1 Å². The van der Waals surface area contributed by atoms with Crippen molar-refractivity contribution in [3.8, 4) is 22.6 Å². The maximum atomic E-state index is 13.7.